The summed E-state index contributed by atoms with van der Waals surface area (Å²) in [5.74, 6) is -1.33. The maximum Gasteiger partial charge on any atom is 0.357 e. The largest absolute Gasteiger partial charge is 0.465 e. The molecule has 1 heterocycles. The zero-order valence-corrected chi connectivity index (χ0v) is 16.2. The van der Waals surface area contributed by atoms with E-state index in [2.05, 4.69) is 5.10 Å². The number of ether oxygens (including phenoxy) is 2. The number of benzene rings is 2. The summed E-state index contributed by atoms with van der Waals surface area (Å²) in [4.78, 5) is 27.1. The smallest absolute Gasteiger partial charge is 0.357 e. The summed E-state index contributed by atoms with van der Waals surface area (Å²) in [5, 5.41) is 4.56. The van der Waals surface area contributed by atoms with Gasteiger partial charge in [-0.25, -0.2) is 14.3 Å². The SMILES string of the molecule is COC(=O)c1c(-c2ccc(N(C)C)cc2)nn(-c2ccccc2)c1C(=O)OC. The topological polar surface area (TPSA) is 73.7 Å². The fourth-order valence-corrected chi connectivity index (χ4v) is 2.87. The Morgan fingerprint density at radius 1 is 0.893 bits per heavy atom. The zero-order chi connectivity index (χ0) is 20.3. The van der Waals surface area contributed by atoms with E-state index in [4.69, 9.17) is 9.47 Å². The summed E-state index contributed by atoms with van der Waals surface area (Å²) in [7, 11) is 6.40. The average Bonchev–Trinajstić information content (AvgIpc) is 3.14. The maximum atomic E-state index is 12.6. The number of methoxy groups -OCH3 is 2. The van der Waals surface area contributed by atoms with E-state index in [1.807, 2.05) is 61.5 Å². The van der Waals surface area contributed by atoms with E-state index >= 15 is 0 Å². The lowest BCUT2D eigenvalue weighted by Gasteiger charge is -2.12. The molecule has 0 bridgehead atoms. The van der Waals surface area contributed by atoms with Crippen molar-refractivity contribution in [1.82, 2.24) is 9.78 Å². The molecule has 0 saturated heterocycles. The normalized spacial score (nSPS) is 10.4. The number of nitrogens with zero attached hydrogens (tertiary/aromatic N) is 3. The standard InChI is InChI=1S/C21H21N3O4/c1-23(2)15-12-10-14(11-13-15)18-17(20(25)27-3)19(21(26)28-4)24(22-18)16-8-6-5-7-9-16/h5-13H,1-4H3. The Labute approximate surface area is 163 Å². The average molecular weight is 379 g/mol. The third-order valence-electron chi connectivity index (χ3n) is 4.31. The molecule has 1 aromatic heterocycles. The Morgan fingerprint density at radius 3 is 2.04 bits per heavy atom. The van der Waals surface area contributed by atoms with Gasteiger partial charge in [-0.2, -0.15) is 5.10 Å². The van der Waals surface area contributed by atoms with Crippen LogP contribution in [0.2, 0.25) is 0 Å². The van der Waals surface area contributed by atoms with E-state index < -0.39 is 11.9 Å². The van der Waals surface area contributed by atoms with Gasteiger partial charge in [-0.15, -0.1) is 0 Å². The fraction of sp³-hybridized carbons (Fsp3) is 0.190. The van der Waals surface area contributed by atoms with Crippen LogP contribution in [-0.2, 0) is 9.47 Å². The predicted molar refractivity (Wildman–Crippen MR) is 106 cm³/mol. The second-order valence-corrected chi connectivity index (χ2v) is 6.24. The number of hydrogen-bond acceptors (Lipinski definition) is 6. The lowest BCUT2D eigenvalue weighted by molar-refractivity contribution is 0.0549. The molecule has 0 aliphatic carbocycles. The fourth-order valence-electron chi connectivity index (χ4n) is 2.87. The number of aromatic nitrogens is 2. The molecule has 28 heavy (non-hydrogen) atoms. The highest BCUT2D eigenvalue weighted by molar-refractivity contribution is 6.06. The van der Waals surface area contributed by atoms with Crippen molar-refractivity contribution in [1.29, 1.82) is 0 Å². The molecule has 7 nitrogen and oxygen atoms in total. The Bertz CT molecular complexity index is 992. The molecule has 7 heteroatoms. The molecule has 0 atom stereocenters. The highest BCUT2D eigenvalue weighted by atomic mass is 16.5. The van der Waals surface area contributed by atoms with Gasteiger partial charge in [0, 0.05) is 25.3 Å². The van der Waals surface area contributed by atoms with Crippen LogP contribution < -0.4 is 4.90 Å². The zero-order valence-electron chi connectivity index (χ0n) is 16.2. The molecule has 3 aromatic rings. The monoisotopic (exact) mass is 379 g/mol. The van der Waals surface area contributed by atoms with Gasteiger partial charge in [0.05, 0.1) is 19.9 Å². The summed E-state index contributed by atoms with van der Waals surface area (Å²) in [5.41, 5.74) is 2.75. The number of hydrogen-bond donors (Lipinski definition) is 0. The Kier molecular flexibility index (Phi) is 5.44. The highest BCUT2D eigenvalue weighted by Crippen LogP contribution is 2.30. The van der Waals surface area contributed by atoms with Crippen LogP contribution in [0, 0.1) is 0 Å². The number of esters is 2. The Balaban J connectivity index is 2.28. The van der Waals surface area contributed by atoms with E-state index in [0.717, 1.165) is 5.69 Å². The van der Waals surface area contributed by atoms with Crippen LogP contribution in [0.4, 0.5) is 5.69 Å². The van der Waals surface area contributed by atoms with Crippen LogP contribution in [0.25, 0.3) is 16.9 Å². The van der Waals surface area contributed by atoms with Crippen LogP contribution in [0.1, 0.15) is 20.8 Å². The summed E-state index contributed by atoms with van der Waals surface area (Å²) in [6.45, 7) is 0. The van der Waals surface area contributed by atoms with Crippen LogP contribution in [0.15, 0.2) is 54.6 Å². The van der Waals surface area contributed by atoms with Crippen molar-refractivity contribution < 1.29 is 19.1 Å². The molecule has 0 fully saturated rings. The van der Waals surface area contributed by atoms with E-state index in [9.17, 15) is 9.59 Å². The van der Waals surface area contributed by atoms with Crippen LogP contribution >= 0.6 is 0 Å². The van der Waals surface area contributed by atoms with E-state index in [0.29, 0.717) is 16.9 Å². The Hall–Kier alpha value is -3.61. The molecule has 0 N–H and O–H groups in total. The second kappa shape index (κ2) is 7.96. The van der Waals surface area contributed by atoms with Gasteiger partial charge in [0.2, 0.25) is 0 Å². The van der Waals surface area contributed by atoms with Gasteiger partial charge in [0.25, 0.3) is 0 Å². The quantitative estimate of drug-likeness (QED) is 0.634. The van der Waals surface area contributed by atoms with E-state index in [1.165, 1.54) is 18.9 Å². The minimum absolute atomic E-state index is 0.0206. The van der Waals surface area contributed by atoms with Crippen LogP contribution in [0.5, 0.6) is 0 Å². The summed E-state index contributed by atoms with van der Waals surface area (Å²) >= 11 is 0. The number of rotatable bonds is 5. The van der Waals surface area contributed by atoms with E-state index in [-0.39, 0.29) is 11.3 Å². The first-order chi connectivity index (χ1) is 13.5. The van der Waals surface area contributed by atoms with Gasteiger partial charge in [-0.1, -0.05) is 30.3 Å². The third-order valence-corrected chi connectivity index (χ3v) is 4.31. The van der Waals surface area contributed by atoms with Crippen molar-refractivity contribution in [2.24, 2.45) is 0 Å². The third kappa shape index (κ3) is 3.46. The van der Waals surface area contributed by atoms with Crippen molar-refractivity contribution in [3.05, 3.63) is 65.9 Å². The lowest BCUT2D eigenvalue weighted by atomic mass is 10.0. The van der Waals surface area contributed by atoms with Gasteiger partial charge in [0.15, 0.2) is 5.69 Å². The molecule has 144 valence electrons. The van der Waals surface area contributed by atoms with Crippen LogP contribution in [0.3, 0.4) is 0 Å². The number of carbonyl (C=O) groups is 2. The van der Waals surface area contributed by atoms with Gasteiger partial charge >= 0.3 is 11.9 Å². The second-order valence-electron chi connectivity index (χ2n) is 6.24. The minimum atomic E-state index is -0.673. The molecular weight excluding hydrogens is 358 g/mol. The van der Waals surface area contributed by atoms with Crippen LogP contribution in [-0.4, -0.2) is 50.0 Å². The number of anilines is 1. The molecule has 0 unspecified atom stereocenters. The van der Waals surface area contributed by atoms with Gasteiger partial charge in [0.1, 0.15) is 11.3 Å². The predicted octanol–water partition coefficient (Wildman–Crippen LogP) is 3.18. The number of carbonyl (C=O) groups excluding carboxylic acids is 2. The summed E-state index contributed by atoms with van der Waals surface area (Å²) in [6.07, 6.45) is 0. The molecular formula is C21H21N3O4. The molecule has 3 rings (SSSR count). The molecule has 0 radical (unpaired) electrons. The van der Waals surface area contributed by atoms with Crippen molar-refractivity contribution in [2.45, 2.75) is 0 Å². The molecule has 0 spiro atoms. The van der Waals surface area contributed by atoms with Gasteiger partial charge in [-0.3, -0.25) is 0 Å². The first-order valence-corrected chi connectivity index (χ1v) is 8.60. The first kappa shape index (κ1) is 19.2. The molecule has 0 saturated carbocycles. The van der Waals surface area contributed by atoms with Gasteiger partial charge in [-0.05, 0) is 24.3 Å². The minimum Gasteiger partial charge on any atom is -0.465 e. The number of para-hydroxylation sites is 1. The molecule has 0 aliphatic heterocycles. The van der Waals surface area contributed by atoms with E-state index in [1.54, 1.807) is 12.1 Å². The summed E-state index contributed by atoms with van der Waals surface area (Å²) < 4.78 is 11.3. The van der Waals surface area contributed by atoms with Crippen molar-refractivity contribution in [3.63, 3.8) is 0 Å². The maximum absolute atomic E-state index is 12.6. The van der Waals surface area contributed by atoms with Gasteiger partial charge < -0.3 is 14.4 Å². The lowest BCUT2D eigenvalue weighted by Crippen LogP contribution is -2.15. The molecule has 0 amide bonds. The van der Waals surface area contributed by atoms with Crippen molar-refractivity contribution >= 4 is 17.6 Å². The highest BCUT2D eigenvalue weighted by Gasteiger charge is 2.31. The first-order valence-electron chi connectivity index (χ1n) is 8.60. The van der Waals surface area contributed by atoms with Crippen molar-refractivity contribution in [2.75, 3.05) is 33.2 Å². The molecule has 0 aliphatic rings. The summed E-state index contributed by atoms with van der Waals surface area (Å²) in [6, 6.07) is 16.6. The Morgan fingerprint density at radius 2 is 1.50 bits per heavy atom. The van der Waals surface area contributed by atoms with Crippen molar-refractivity contribution in [3.8, 4) is 16.9 Å². The molecule has 2 aromatic carbocycles.